The van der Waals surface area contributed by atoms with Crippen LogP contribution < -0.4 is 5.32 Å². The number of anilines is 1. The van der Waals surface area contributed by atoms with Crippen LogP contribution in [-0.4, -0.2) is 0 Å². The molecule has 0 spiro atoms. The number of hydrogen-bond donors (Lipinski definition) is 1. The Kier molecular flexibility index (Phi) is 3.92. The number of aryl methyl sites for hydroxylation is 2. The van der Waals surface area contributed by atoms with E-state index in [-0.39, 0.29) is 6.04 Å². The topological polar surface area (TPSA) is 12.0 Å². The van der Waals surface area contributed by atoms with E-state index in [0.717, 1.165) is 11.3 Å². The van der Waals surface area contributed by atoms with Gasteiger partial charge >= 0.3 is 0 Å². The molecule has 0 amide bonds. The van der Waals surface area contributed by atoms with E-state index in [0.29, 0.717) is 0 Å². The lowest BCUT2D eigenvalue weighted by atomic mass is 10.0. The fourth-order valence-corrected chi connectivity index (χ4v) is 2.29. The molecule has 0 bridgehead atoms. The first kappa shape index (κ1) is 13.2. The van der Waals surface area contributed by atoms with Gasteiger partial charge in [0.2, 0.25) is 0 Å². The summed E-state index contributed by atoms with van der Waals surface area (Å²) in [4.78, 5) is 0. The van der Waals surface area contributed by atoms with E-state index in [1.54, 1.807) is 0 Å². The first-order chi connectivity index (χ1) is 9.08. The summed E-state index contributed by atoms with van der Waals surface area (Å²) in [5.74, 6) is 2.66. The summed E-state index contributed by atoms with van der Waals surface area (Å²) in [6.07, 6.45) is 5.42. The normalized spacial score (nSPS) is 11.7. The van der Waals surface area contributed by atoms with Crippen molar-refractivity contribution >= 4 is 5.69 Å². The van der Waals surface area contributed by atoms with Crippen LogP contribution in [0.15, 0.2) is 42.5 Å². The summed E-state index contributed by atoms with van der Waals surface area (Å²) in [6, 6.07) is 14.8. The van der Waals surface area contributed by atoms with Gasteiger partial charge in [-0.15, -0.1) is 6.42 Å². The van der Waals surface area contributed by atoms with Gasteiger partial charge in [0.25, 0.3) is 0 Å². The summed E-state index contributed by atoms with van der Waals surface area (Å²) >= 11 is 0. The van der Waals surface area contributed by atoms with E-state index in [9.17, 15) is 0 Å². The Labute approximate surface area is 115 Å². The number of benzene rings is 2. The van der Waals surface area contributed by atoms with E-state index in [1.807, 2.05) is 24.3 Å². The lowest BCUT2D eigenvalue weighted by Crippen LogP contribution is -2.07. The molecule has 1 N–H and O–H groups in total. The summed E-state index contributed by atoms with van der Waals surface area (Å²) < 4.78 is 0. The summed E-state index contributed by atoms with van der Waals surface area (Å²) in [6.45, 7) is 6.42. The highest BCUT2D eigenvalue weighted by molar-refractivity contribution is 5.51. The maximum atomic E-state index is 5.42. The van der Waals surface area contributed by atoms with Crippen molar-refractivity contribution in [1.29, 1.82) is 0 Å². The maximum Gasteiger partial charge on any atom is 0.0485 e. The van der Waals surface area contributed by atoms with Crippen molar-refractivity contribution in [2.45, 2.75) is 26.8 Å². The van der Waals surface area contributed by atoms with E-state index < -0.39 is 0 Å². The molecule has 2 aromatic carbocycles. The van der Waals surface area contributed by atoms with Gasteiger partial charge in [0.15, 0.2) is 0 Å². The number of terminal acetylenes is 1. The van der Waals surface area contributed by atoms with Crippen molar-refractivity contribution in [2.24, 2.45) is 0 Å². The quantitative estimate of drug-likeness (QED) is 0.792. The summed E-state index contributed by atoms with van der Waals surface area (Å²) in [5.41, 5.74) is 5.84. The molecule has 2 aromatic rings. The Balaban J connectivity index is 2.20. The van der Waals surface area contributed by atoms with E-state index in [2.05, 4.69) is 50.2 Å². The van der Waals surface area contributed by atoms with Crippen molar-refractivity contribution in [3.63, 3.8) is 0 Å². The van der Waals surface area contributed by atoms with Gasteiger partial charge in [0, 0.05) is 17.3 Å². The van der Waals surface area contributed by atoms with Crippen LogP contribution in [0.2, 0.25) is 0 Å². The molecule has 1 nitrogen and oxygen atoms in total. The predicted molar refractivity (Wildman–Crippen MR) is 82.3 cm³/mol. The SMILES string of the molecule is C#Cc1cccc(NC(C)c2cc(C)cc(C)c2)c1. The molecular formula is C18H19N. The molecule has 1 heteroatoms. The number of nitrogens with one attached hydrogen (secondary N) is 1. The average Bonchev–Trinajstić information content (AvgIpc) is 2.37. The molecule has 0 fully saturated rings. The lowest BCUT2D eigenvalue weighted by molar-refractivity contribution is 0.880. The largest absolute Gasteiger partial charge is 0.378 e. The third-order valence-electron chi connectivity index (χ3n) is 3.16. The van der Waals surface area contributed by atoms with Crippen LogP contribution in [-0.2, 0) is 0 Å². The molecule has 2 rings (SSSR count). The van der Waals surface area contributed by atoms with Crippen LogP contribution in [0.25, 0.3) is 0 Å². The predicted octanol–water partition coefficient (Wildman–Crippen LogP) is 4.46. The van der Waals surface area contributed by atoms with Crippen molar-refractivity contribution < 1.29 is 0 Å². The van der Waals surface area contributed by atoms with Crippen LogP contribution in [0.5, 0.6) is 0 Å². The Hall–Kier alpha value is -2.20. The second kappa shape index (κ2) is 5.63. The van der Waals surface area contributed by atoms with Gasteiger partial charge in [-0.2, -0.15) is 0 Å². The zero-order valence-corrected chi connectivity index (χ0v) is 11.7. The zero-order valence-electron chi connectivity index (χ0n) is 11.7. The molecule has 0 saturated heterocycles. The molecule has 1 unspecified atom stereocenters. The molecule has 96 valence electrons. The third-order valence-corrected chi connectivity index (χ3v) is 3.16. The Morgan fingerprint density at radius 1 is 1.05 bits per heavy atom. The van der Waals surface area contributed by atoms with Crippen molar-refractivity contribution in [1.82, 2.24) is 0 Å². The van der Waals surface area contributed by atoms with Crippen LogP contribution in [0.1, 0.15) is 35.2 Å². The zero-order chi connectivity index (χ0) is 13.8. The highest BCUT2D eigenvalue weighted by Gasteiger charge is 2.06. The number of hydrogen-bond acceptors (Lipinski definition) is 1. The molecular weight excluding hydrogens is 230 g/mol. The molecule has 0 aliphatic rings. The van der Waals surface area contributed by atoms with Gasteiger partial charge in [-0.1, -0.05) is 41.3 Å². The Morgan fingerprint density at radius 2 is 1.74 bits per heavy atom. The van der Waals surface area contributed by atoms with Gasteiger partial charge < -0.3 is 5.32 Å². The standard InChI is InChI=1S/C18H19N/c1-5-16-7-6-8-18(12-16)19-15(4)17-10-13(2)9-14(3)11-17/h1,6-12,15,19H,2-4H3. The molecule has 0 radical (unpaired) electrons. The molecule has 0 aliphatic carbocycles. The molecule has 1 atom stereocenters. The summed E-state index contributed by atoms with van der Waals surface area (Å²) in [7, 11) is 0. The maximum absolute atomic E-state index is 5.42. The minimum Gasteiger partial charge on any atom is -0.378 e. The summed E-state index contributed by atoms with van der Waals surface area (Å²) in [5, 5.41) is 3.49. The second-order valence-electron chi connectivity index (χ2n) is 5.01. The molecule has 0 aliphatic heterocycles. The number of rotatable bonds is 3. The fraction of sp³-hybridized carbons (Fsp3) is 0.222. The van der Waals surface area contributed by atoms with Crippen LogP contribution in [0, 0.1) is 26.2 Å². The average molecular weight is 249 g/mol. The Bertz CT molecular complexity index is 600. The van der Waals surface area contributed by atoms with E-state index >= 15 is 0 Å². The first-order valence-electron chi connectivity index (χ1n) is 6.50. The molecule has 0 aromatic heterocycles. The van der Waals surface area contributed by atoms with Crippen molar-refractivity contribution in [2.75, 3.05) is 5.32 Å². The van der Waals surface area contributed by atoms with Gasteiger partial charge in [0.05, 0.1) is 0 Å². The second-order valence-corrected chi connectivity index (χ2v) is 5.01. The molecule has 19 heavy (non-hydrogen) atoms. The Morgan fingerprint density at radius 3 is 2.37 bits per heavy atom. The van der Waals surface area contributed by atoms with Crippen molar-refractivity contribution in [3.8, 4) is 12.3 Å². The smallest absolute Gasteiger partial charge is 0.0485 e. The highest BCUT2D eigenvalue weighted by Crippen LogP contribution is 2.21. The van der Waals surface area contributed by atoms with Gasteiger partial charge in [-0.25, -0.2) is 0 Å². The molecule has 0 heterocycles. The van der Waals surface area contributed by atoms with Gasteiger partial charge in [0.1, 0.15) is 0 Å². The third kappa shape index (κ3) is 3.39. The van der Waals surface area contributed by atoms with Gasteiger partial charge in [-0.3, -0.25) is 0 Å². The van der Waals surface area contributed by atoms with E-state index in [1.165, 1.54) is 16.7 Å². The molecule has 0 saturated carbocycles. The van der Waals surface area contributed by atoms with E-state index in [4.69, 9.17) is 6.42 Å². The highest BCUT2D eigenvalue weighted by atomic mass is 14.9. The van der Waals surface area contributed by atoms with Crippen LogP contribution in [0.4, 0.5) is 5.69 Å². The first-order valence-corrected chi connectivity index (χ1v) is 6.50. The monoisotopic (exact) mass is 249 g/mol. The minimum atomic E-state index is 0.256. The van der Waals surface area contributed by atoms with Gasteiger partial charge in [-0.05, 0) is 44.5 Å². The lowest BCUT2D eigenvalue weighted by Gasteiger charge is -2.17. The fourth-order valence-electron chi connectivity index (χ4n) is 2.29. The van der Waals surface area contributed by atoms with Crippen molar-refractivity contribution in [3.05, 3.63) is 64.7 Å². The van der Waals surface area contributed by atoms with Crippen LogP contribution in [0.3, 0.4) is 0 Å². The van der Waals surface area contributed by atoms with Crippen LogP contribution >= 0.6 is 0 Å². The minimum absolute atomic E-state index is 0.256.